The number of aromatic nitrogens is 2. The highest BCUT2D eigenvalue weighted by molar-refractivity contribution is 5.76. The number of amides is 1. The molecule has 0 spiro atoms. The number of morpholine rings is 1. The lowest BCUT2D eigenvalue weighted by molar-refractivity contribution is -0.158. The number of ether oxygens (including phenoxy) is 1. The Balaban J connectivity index is 1.71. The minimum atomic E-state index is -0.830. The molecule has 1 aromatic heterocycles. The van der Waals surface area contributed by atoms with Gasteiger partial charge in [-0.25, -0.2) is 9.78 Å². The van der Waals surface area contributed by atoms with Crippen molar-refractivity contribution >= 4 is 5.91 Å². The second-order valence-electron chi connectivity index (χ2n) is 6.70. The van der Waals surface area contributed by atoms with E-state index in [1.807, 2.05) is 31.2 Å². The molecule has 138 valence electrons. The van der Waals surface area contributed by atoms with Crippen LogP contribution in [0.25, 0.3) is 0 Å². The summed E-state index contributed by atoms with van der Waals surface area (Å²) in [6, 6.07) is 9.66. The second-order valence-corrected chi connectivity index (χ2v) is 6.70. The molecule has 1 atom stereocenters. The molecular formula is C19H23N3O4. The average molecular weight is 357 g/mol. The first-order valence-corrected chi connectivity index (χ1v) is 8.61. The molecule has 1 fully saturated rings. The van der Waals surface area contributed by atoms with E-state index in [9.17, 15) is 14.7 Å². The van der Waals surface area contributed by atoms with Gasteiger partial charge in [-0.1, -0.05) is 29.8 Å². The highest BCUT2D eigenvalue weighted by atomic mass is 16.5. The van der Waals surface area contributed by atoms with Crippen molar-refractivity contribution in [3.63, 3.8) is 0 Å². The van der Waals surface area contributed by atoms with Crippen LogP contribution in [-0.4, -0.2) is 57.4 Å². The van der Waals surface area contributed by atoms with Gasteiger partial charge in [0.1, 0.15) is 12.1 Å². The molecule has 2 aromatic rings. The van der Waals surface area contributed by atoms with E-state index >= 15 is 0 Å². The molecule has 7 nitrogen and oxygen atoms in total. The van der Waals surface area contributed by atoms with Gasteiger partial charge < -0.3 is 14.7 Å². The number of hydrogen-bond acceptors (Lipinski definition) is 5. The fourth-order valence-corrected chi connectivity index (χ4v) is 3.15. The van der Waals surface area contributed by atoms with Crippen molar-refractivity contribution in [1.29, 1.82) is 0 Å². The lowest BCUT2D eigenvalue weighted by Crippen LogP contribution is -2.57. The van der Waals surface area contributed by atoms with E-state index in [1.54, 1.807) is 17.2 Å². The van der Waals surface area contributed by atoms with E-state index < -0.39 is 11.3 Å². The zero-order valence-electron chi connectivity index (χ0n) is 14.8. The summed E-state index contributed by atoms with van der Waals surface area (Å²) in [4.78, 5) is 29.6. The van der Waals surface area contributed by atoms with Crippen LogP contribution in [0.3, 0.4) is 0 Å². The summed E-state index contributed by atoms with van der Waals surface area (Å²) in [5.41, 5.74) is 0.919. The predicted molar refractivity (Wildman–Crippen MR) is 95.7 cm³/mol. The SMILES string of the molecule is Cc1ccc(CC2(CO)CN(C(=O)Cn3cccnc3=O)CCO2)cc1. The van der Waals surface area contributed by atoms with Crippen LogP contribution in [0, 0.1) is 6.92 Å². The third-order valence-corrected chi connectivity index (χ3v) is 4.62. The van der Waals surface area contributed by atoms with E-state index in [0.29, 0.717) is 19.6 Å². The van der Waals surface area contributed by atoms with Crippen LogP contribution in [0.5, 0.6) is 0 Å². The van der Waals surface area contributed by atoms with Crippen LogP contribution >= 0.6 is 0 Å². The number of nitrogens with zero attached hydrogens (tertiary/aromatic N) is 3. The van der Waals surface area contributed by atoms with Crippen molar-refractivity contribution < 1.29 is 14.6 Å². The number of carbonyl (C=O) groups excluding carboxylic acids is 1. The molecule has 2 heterocycles. The highest BCUT2D eigenvalue weighted by Gasteiger charge is 2.38. The summed E-state index contributed by atoms with van der Waals surface area (Å²) in [5.74, 6) is -0.190. The minimum absolute atomic E-state index is 0.0707. The third-order valence-electron chi connectivity index (χ3n) is 4.62. The van der Waals surface area contributed by atoms with Gasteiger partial charge in [-0.15, -0.1) is 0 Å². The zero-order chi connectivity index (χ0) is 18.6. The topological polar surface area (TPSA) is 84.7 Å². The molecule has 1 saturated heterocycles. The highest BCUT2D eigenvalue weighted by Crippen LogP contribution is 2.23. The van der Waals surface area contributed by atoms with Crippen LogP contribution in [-0.2, 0) is 22.5 Å². The summed E-state index contributed by atoms with van der Waals surface area (Å²) < 4.78 is 7.15. The molecule has 0 bridgehead atoms. The summed E-state index contributed by atoms with van der Waals surface area (Å²) >= 11 is 0. The summed E-state index contributed by atoms with van der Waals surface area (Å²) in [6.07, 6.45) is 3.45. The van der Waals surface area contributed by atoms with Gasteiger partial charge in [0.15, 0.2) is 0 Å². The lowest BCUT2D eigenvalue weighted by atomic mass is 9.92. The molecule has 3 rings (SSSR count). The normalized spacial score (nSPS) is 20.2. The van der Waals surface area contributed by atoms with Gasteiger partial charge in [-0.05, 0) is 18.6 Å². The lowest BCUT2D eigenvalue weighted by Gasteiger charge is -2.42. The van der Waals surface area contributed by atoms with E-state index in [0.717, 1.165) is 11.1 Å². The fourth-order valence-electron chi connectivity index (χ4n) is 3.15. The zero-order valence-corrected chi connectivity index (χ0v) is 14.8. The third kappa shape index (κ3) is 4.17. The van der Waals surface area contributed by atoms with Crippen LogP contribution in [0.15, 0.2) is 47.5 Å². The number of aliphatic hydroxyl groups is 1. The quantitative estimate of drug-likeness (QED) is 0.837. The maximum absolute atomic E-state index is 12.6. The van der Waals surface area contributed by atoms with Gasteiger partial charge in [0, 0.05) is 25.4 Å². The number of carbonyl (C=O) groups is 1. The van der Waals surface area contributed by atoms with Crippen molar-refractivity contribution in [1.82, 2.24) is 14.5 Å². The van der Waals surface area contributed by atoms with Crippen LogP contribution in [0.4, 0.5) is 0 Å². The molecule has 7 heteroatoms. The van der Waals surface area contributed by atoms with Crippen molar-refractivity contribution in [2.24, 2.45) is 0 Å². The van der Waals surface area contributed by atoms with Crippen molar-refractivity contribution in [2.45, 2.75) is 25.5 Å². The Morgan fingerprint density at radius 3 is 2.81 bits per heavy atom. The standard InChI is InChI=1S/C19H23N3O4/c1-15-3-5-16(6-4-15)11-19(14-23)13-22(9-10-26-19)17(24)12-21-8-2-7-20-18(21)25/h2-8,23H,9-14H2,1H3. The maximum Gasteiger partial charge on any atom is 0.347 e. The Morgan fingerprint density at radius 1 is 1.35 bits per heavy atom. The van der Waals surface area contributed by atoms with Gasteiger partial charge in [0.2, 0.25) is 5.91 Å². The molecule has 1 aromatic carbocycles. The number of benzene rings is 1. The van der Waals surface area contributed by atoms with Gasteiger partial charge in [0.25, 0.3) is 0 Å². The minimum Gasteiger partial charge on any atom is -0.393 e. The molecule has 1 unspecified atom stereocenters. The second kappa shape index (κ2) is 7.80. The Labute approximate surface area is 151 Å². The van der Waals surface area contributed by atoms with Crippen molar-refractivity contribution in [2.75, 3.05) is 26.3 Å². The first kappa shape index (κ1) is 18.3. The molecule has 26 heavy (non-hydrogen) atoms. The molecule has 1 aliphatic heterocycles. The van der Waals surface area contributed by atoms with Crippen LogP contribution in [0.2, 0.25) is 0 Å². The fraction of sp³-hybridized carbons (Fsp3) is 0.421. The number of aliphatic hydroxyl groups excluding tert-OH is 1. The van der Waals surface area contributed by atoms with E-state index in [2.05, 4.69) is 4.98 Å². The van der Waals surface area contributed by atoms with Crippen LogP contribution < -0.4 is 5.69 Å². The van der Waals surface area contributed by atoms with E-state index in [-0.39, 0.29) is 25.6 Å². The van der Waals surface area contributed by atoms with Crippen molar-refractivity contribution in [3.8, 4) is 0 Å². The van der Waals surface area contributed by atoms with Crippen molar-refractivity contribution in [3.05, 3.63) is 64.3 Å². The number of rotatable bonds is 5. The Kier molecular flexibility index (Phi) is 5.49. The molecule has 0 aliphatic carbocycles. The first-order chi connectivity index (χ1) is 12.5. The number of hydrogen-bond donors (Lipinski definition) is 1. The molecule has 0 saturated carbocycles. The summed E-state index contributed by atoms with van der Waals surface area (Å²) in [5, 5.41) is 9.96. The first-order valence-electron chi connectivity index (χ1n) is 8.61. The van der Waals surface area contributed by atoms with Gasteiger partial charge in [-0.3, -0.25) is 9.36 Å². The molecule has 1 aliphatic rings. The van der Waals surface area contributed by atoms with E-state index in [4.69, 9.17) is 4.74 Å². The molecule has 0 radical (unpaired) electrons. The average Bonchev–Trinajstić information content (AvgIpc) is 2.66. The number of aryl methyl sites for hydroxylation is 1. The maximum atomic E-state index is 12.6. The van der Waals surface area contributed by atoms with Gasteiger partial charge in [0.05, 0.1) is 19.8 Å². The summed E-state index contributed by atoms with van der Waals surface area (Å²) in [6.45, 7) is 2.83. The largest absolute Gasteiger partial charge is 0.393 e. The molecule has 1 N–H and O–H groups in total. The smallest absolute Gasteiger partial charge is 0.347 e. The van der Waals surface area contributed by atoms with Gasteiger partial charge in [-0.2, -0.15) is 0 Å². The van der Waals surface area contributed by atoms with E-state index in [1.165, 1.54) is 10.8 Å². The Morgan fingerprint density at radius 2 is 2.12 bits per heavy atom. The Bertz CT molecular complexity index is 818. The van der Waals surface area contributed by atoms with Crippen LogP contribution in [0.1, 0.15) is 11.1 Å². The Hall–Kier alpha value is -2.51. The van der Waals surface area contributed by atoms with Gasteiger partial charge >= 0.3 is 5.69 Å². The molecule has 1 amide bonds. The monoisotopic (exact) mass is 357 g/mol. The molecular weight excluding hydrogens is 334 g/mol. The summed E-state index contributed by atoms with van der Waals surface area (Å²) in [7, 11) is 0. The predicted octanol–water partition coefficient (Wildman–Crippen LogP) is 0.384.